The minimum atomic E-state index is 0.0468. The van der Waals surface area contributed by atoms with Crippen molar-refractivity contribution in [2.45, 2.75) is 25.8 Å². The van der Waals surface area contributed by atoms with E-state index in [0.717, 1.165) is 0 Å². The molecule has 3 rings (SSSR count). The van der Waals surface area contributed by atoms with Gasteiger partial charge in [-0.15, -0.1) is 0 Å². The van der Waals surface area contributed by atoms with Crippen LogP contribution in [-0.2, 0) is 26.4 Å². The molecule has 3 nitrogen and oxygen atoms in total. The molecule has 0 saturated carbocycles. The van der Waals surface area contributed by atoms with Crippen LogP contribution in [0.1, 0.15) is 23.1 Å². The number of aromatic nitrogens is 2. The first-order chi connectivity index (χ1) is 8.24. The lowest BCUT2D eigenvalue weighted by Gasteiger charge is -2.05. The summed E-state index contributed by atoms with van der Waals surface area (Å²) in [5, 5.41) is 0. The minimum Gasteiger partial charge on any atom is -0.302 e. The molecule has 0 N–H and O–H groups in total. The highest BCUT2D eigenvalue weighted by Gasteiger charge is 2.11. The zero-order valence-corrected chi connectivity index (χ0v) is 10.0. The summed E-state index contributed by atoms with van der Waals surface area (Å²) in [6.07, 6.45) is 7.31. The summed E-state index contributed by atoms with van der Waals surface area (Å²) in [5.41, 5.74) is 4.21. The summed E-state index contributed by atoms with van der Waals surface area (Å²) < 4.78 is 3.35. The Morgan fingerprint density at radius 2 is 2.00 bits per heavy atom. The van der Waals surface area contributed by atoms with Crippen LogP contribution in [-0.4, -0.2) is 9.13 Å². The Kier molecular flexibility index (Phi) is 2.39. The summed E-state index contributed by atoms with van der Waals surface area (Å²) in [5.74, 6) is 0. The minimum absolute atomic E-state index is 0.0468. The van der Waals surface area contributed by atoms with Crippen molar-refractivity contribution >= 4 is 0 Å². The van der Waals surface area contributed by atoms with Crippen molar-refractivity contribution in [1.82, 2.24) is 9.13 Å². The number of imidazole rings is 1. The summed E-state index contributed by atoms with van der Waals surface area (Å²) >= 11 is 0. The Labute approximate surface area is 100 Å². The highest BCUT2D eigenvalue weighted by atomic mass is 16.1. The van der Waals surface area contributed by atoms with Crippen molar-refractivity contribution in [3.8, 4) is 0 Å². The maximum atomic E-state index is 11.7. The van der Waals surface area contributed by atoms with Gasteiger partial charge in [-0.3, -0.25) is 4.57 Å². The molecule has 0 saturated heterocycles. The molecule has 0 unspecified atom stereocenters. The van der Waals surface area contributed by atoms with Crippen molar-refractivity contribution in [3.63, 3.8) is 0 Å². The van der Waals surface area contributed by atoms with Crippen molar-refractivity contribution in [2.24, 2.45) is 7.05 Å². The quantitative estimate of drug-likeness (QED) is 0.769. The second-order valence-electron chi connectivity index (χ2n) is 4.78. The van der Waals surface area contributed by atoms with Crippen LogP contribution in [0.4, 0.5) is 0 Å². The van der Waals surface area contributed by atoms with Crippen molar-refractivity contribution < 1.29 is 0 Å². The predicted octanol–water partition coefficient (Wildman–Crippen LogP) is 1.72. The van der Waals surface area contributed by atoms with Gasteiger partial charge < -0.3 is 4.57 Å². The third-order valence-corrected chi connectivity index (χ3v) is 3.53. The van der Waals surface area contributed by atoms with Gasteiger partial charge in [-0.1, -0.05) is 18.2 Å². The van der Waals surface area contributed by atoms with E-state index in [1.807, 2.05) is 6.20 Å². The molecule has 88 valence electrons. The van der Waals surface area contributed by atoms with Gasteiger partial charge in [0, 0.05) is 19.4 Å². The van der Waals surface area contributed by atoms with Crippen LogP contribution >= 0.6 is 0 Å². The summed E-state index contributed by atoms with van der Waals surface area (Å²) in [6, 6.07) is 6.61. The number of nitrogens with zero attached hydrogens (tertiary/aromatic N) is 2. The molecule has 0 aliphatic heterocycles. The average Bonchev–Trinajstić information content (AvgIpc) is 2.90. The molecule has 1 heterocycles. The number of fused-ring (bicyclic) bond motifs is 1. The topological polar surface area (TPSA) is 26.9 Å². The summed E-state index contributed by atoms with van der Waals surface area (Å²) in [7, 11) is 1.78. The zero-order valence-electron chi connectivity index (χ0n) is 10.0. The smallest absolute Gasteiger partial charge is 0.302 e. The lowest BCUT2D eigenvalue weighted by Crippen LogP contribution is -2.22. The maximum Gasteiger partial charge on any atom is 0.328 e. The van der Waals surface area contributed by atoms with Gasteiger partial charge in [0.2, 0.25) is 0 Å². The molecule has 0 fully saturated rings. The van der Waals surface area contributed by atoms with Gasteiger partial charge in [0.05, 0.1) is 6.54 Å². The third-order valence-electron chi connectivity index (χ3n) is 3.53. The molecule has 2 aromatic rings. The fraction of sp³-hybridized carbons (Fsp3) is 0.357. The zero-order chi connectivity index (χ0) is 11.8. The van der Waals surface area contributed by atoms with Crippen LogP contribution in [0.3, 0.4) is 0 Å². The van der Waals surface area contributed by atoms with E-state index in [-0.39, 0.29) is 5.69 Å². The van der Waals surface area contributed by atoms with Gasteiger partial charge in [-0.05, 0) is 36.0 Å². The Bertz CT molecular complexity index is 607. The molecular formula is C14H16N2O. The van der Waals surface area contributed by atoms with Gasteiger partial charge in [-0.2, -0.15) is 0 Å². The molecule has 1 aliphatic rings. The molecular weight excluding hydrogens is 212 g/mol. The van der Waals surface area contributed by atoms with Crippen LogP contribution in [0.15, 0.2) is 35.4 Å². The first kappa shape index (κ1) is 10.4. The lowest BCUT2D eigenvalue weighted by atomic mass is 10.1. The molecule has 3 heteroatoms. The Morgan fingerprint density at radius 3 is 2.76 bits per heavy atom. The number of benzene rings is 1. The Hall–Kier alpha value is -1.77. The number of hydrogen-bond donors (Lipinski definition) is 0. The molecule has 1 aliphatic carbocycles. The van der Waals surface area contributed by atoms with E-state index in [0.29, 0.717) is 6.54 Å². The number of aryl methyl sites for hydroxylation is 3. The van der Waals surface area contributed by atoms with Crippen LogP contribution in [0.5, 0.6) is 0 Å². The van der Waals surface area contributed by atoms with E-state index in [4.69, 9.17) is 0 Å². The van der Waals surface area contributed by atoms with E-state index in [1.54, 1.807) is 22.4 Å². The first-order valence-electron chi connectivity index (χ1n) is 6.06. The van der Waals surface area contributed by atoms with Crippen LogP contribution in [0, 0.1) is 0 Å². The maximum absolute atomic E-state index is 11.7. The number of rotatable bonds is 2. The van der Waals surface area contributed by atoms with Gasteiger partial charge in [-0.25, -0.2) is 4.79 Å². The first-order valence-corrected chi connectivity index (χ1v) is 6.06. The summed E-state index contributed by atoms with van der Waals surface area (Å²) in [6.45, 7) is 0.674. The molecule has 0 radical (unpaired) electrons. The van der Waals surface area contributed by atoms with E-state index in [1.165, 1.54) is 36.0 Å². The molecule has 0 bridgehead atoms. The molecule has 1 aromatic heterocycles. The van der Waals surface area contributed by atoms with Gasteiger partial charge in [0.15, 0.2) is 0 Å². The summed E-state index contributed by atoms with van der Waals surface area (Å²) in [4.78, 5) is 11.7. The van der Waals surface area contributed by atoms with Gasteiger partial charge in [0.25, 0.3) is 0 Å². The molecule has 1 aromatic carbocycles. The SMILES string of the molecule is Cn1ccn(Cc2ccc3c(c2)CCC3)c1=O. The Balaban J connectivity index is 1.91. The van der Waals surface area contributed by atoms with E-state index >= 15 is 0 Å². The fourth-order valence-electron chi connectivity index (χ4n) is 2.55. The van der Waals surface area contributed by atoms with Crippen molar-refractivity contribution in [2.75, 3.05) is 0 Å². The second kappa shape index (κ2) is 3.91. The monoisotopic (exact) mass is 228 g/mol. The highest BCUT2D eigenvalue weighted by molar-refractivity contribution is 5.35. The highest BCUT2D eigenvalue weighted by Crippen LogP contribution is 2.22. The van der Waals surface area contributed by atoms with Crippen molar-refractivity contribution in [1.29, 1.82) is 0 Å². The normalized spacial score (nSPS) is 13.9. The largest absolute Gasteiger partial charge is 0.328 e. The van der Waals surface area contributed by atoms with E-state index < -0.39 is 0 Å². The standard InChI is InChI=1S/C14H16N2O/c1-15-7-8-16(14(15)17)10-11-5-6-12-3-2-4-13(12)9-11/h5-9H,2-4,10H2,1H3. The van der Waals surface area contributed by atoms with Gasteiger partial charge in [0.1, 0.15) is 0 Å². The number of hydrogen-bond acceptors (Lipinski definition) is 1. The van der Waals surface area contributed by atoms with Crippen LogP contribution in [0.25, 0.3) is 0 Å². The van der Waals surface area contributed by atoms with Crippen LogP contribution < -0.4 is 5.69 Å². The second-order valence-corrected chi connectivity index (χ2v) is 4.78. The van der Waals surface area contributed by atoms with Crippen LogP contribution in [0.2, 0.25) is 0 Å². The lowest BCUT2D eigenvalue weighted by molar-refractivity contribution is 0.717. The average molecular weight is 228 g/mol. The predicted molar refractivity (Wildman–Crippen MR) is 67.2 cm³/mol. The Morgan fingerprint density at radius 1 is 1.18 bits per heavy atom. The third kappa shape index (κ3) is 1.82. The van der Waals surface area contributed by atoms with Crippen molar-refractivity contribution in [3.05, 3.63) is 57.8 Å². The molecule has 0 amide bonds. The molecule has 0 spiro atoms. The molecule has 17 heavy (non-hydrogen) atoms. The van der Waals surface area contributed by atoms with E-state index in [9.17, 15) is 4.79 Å². The van der Waals surface area contributed by atoms with E-state index in [2.05, 4.69) is 18.2 Å². The molecule has 0 atom stereocenters. The van der Waals surface area contributed by atoms with Gasteiger partial charge >= 0.3 is 5.69 Å². The fourth-order valence-corrected chi connectivity index (χ4v) is 2.55.